The second kappa shape index (κ2) is 9.69. The van der Waals surface area contributed by atoms with Crippen LogP contribution in [0.25, 0.3) is 10.9 Å². The molecule has 0 aliphatic carbocycles. The van der Waals surface area contributed by atoms with Crippen molar-refractivity contribution >= 4 is 54.7 Å². The molecule has 0 aliphatic heterocycles. The first-order valence-electron chi connectivity index (χ1n) is 9.65. The number of aryl methyl sites for hydroxylation is 1. The Morgan fingerprint density at radius 3 is 2.65 bits per heavy atom. The Kier molecular flexibility index (Phi) is 7.22. The van der Waals surface area contributed by atoms with E-state index < -0.39 is 4.92 Å². The van der Waals surface area contributed by atoms with Gasteiger partial charge in [0.25, 0.3) is 5.56 Å². The van der Waals surface area contributed by atoms with Crippen molar-refractivity contribution in [1.29, 1.82) is 0 Å². The van der Waals surface area contributed by atoms with E-state index in [-0.39, 0.29) is 23.1 Å². The number of hydrogen-bond acceptors (Lipinski definition) is 6. The maximum absolute atomic E-state index is 13.1. The largest absolute Gasteiger partial charge is 0.483 e. The minimum Gasteiger partial charge on any atom is -0.483 e. The highest BCUT2D eigenvalue weighted by Gasteiger charge is 2.22. The Balaban J connectivity index is 2.19. The summed E-state index contributed by atoms with van der Waals surface area (Å²) in [6, 6.07) is 8.33. The summed E-state index contributed by atoms with van der Waals surface area (Å²) in [4.78, 5) is 28.7. The van der Waals surface area contributed by atoms with Crippen LogP contribution in [0.3, 0.4) is 0 Å². The molecular weight excluding hydrogens is 532 g/mol. The molecule has 8 nitrogen and oxygen atoms in total. The monoisotopic (exact) mass is 550 g/mol. The van der Waals surface area contributed by atoms with E-state index in [1.165, 1.54) is 17.0 Å². The normalized spacial score (nSPS) is 12.4. The lowest BCUT2D eigenvalue weighted by atomic mass is 10.2. The van der Waals surface area contributed by atoms with Crippen LogP contribution >= 0.6 is 31.9 Å². The molecule has 3 aromatic rings. The molecule has 0 unspecified atom stereocenters. The molecule has 1 aromatic heterocycles. The molecule has 1 atom stereocenters. The van der Waals surface area contributed by atoms with Crippen LogP contribution in [0, 0.1) is 10.1 Å². The zero-order valence-electron chi connectivity index (χ0n) is 17.1. The molecular formula is C21H20Br2N4O4. The summed E-state index contributed by atoms with van der Waals surface area (Å²) in [6.45, 7) is 5.63. The van der Waals surface area contributed by atoms with Crippen molar-refractivity contribution in [3.05, 3.63) is 71.1 Å². The molecule has 0 amide bonds. The lowest BCUT2D eigenvalue weighted by molar-refractivity contribution is -0.386. The molecule has 0 bridgehead atoms. The Hall–Kier alpha value is -2.59. The zero-order chi connectivity index (χ0) is 22.7. The molecule has 31 heavy (non-hydrogen) atoms. The van der Waals surface area contributed by atoms with E-state index in [2.05, 4.69) is 41.9 Å². The van der Waals surface area contributed by atoms with Crippen LogP contribution < -0.4 is 10.3 Å². The highest BCUT2D eigenvalue weighted by molar-refractivity contribution is 9.10. The average molecular weight is 552 g/mol. The number of rotatable bonds is 7. The second-order valence-electron chi connectivity index (χ2n) is 6.84. The fraction of sp³-hybridized carbons (Fsp3) is 0.286. The van der Waals surface area contributed by atoms with Crippen LogP contribution in [0.5, 0.6) is 5.75 Å². The predicted octanol–water partition coefficient (Wildman–Crippen LogP) is 5.45. The fourth-order valence-corrected chi connectivity index (χ4v) is 3.73. The van der Waals surface area contributed by atoms with Gasteiger partial charge in [0.1, 0.15) is 5.82 Å². The molecule has 3 rings (SSSR count). The summed E-state index contributed by atoms with van der Waals surface area (Å²) in [5, 5.41) is 16.4. The van der Waals surface area contributed by atoms with E-state index in [1.54, 1.807) is 18.2 Å². The smallest absolute Gasteiger partial charge is 0.312 e. The minimum atomic E-state index is -0.501. The number of benzene rings is 2. The van der Waals surface area contributed by atoms with Gasteiger partial charge in [-0.25, -0.2) is 4.98 Å². The highest BCUT2D eigenvalue weighted by atomic mass is 79.9. The van der Waals surface area contributed by atoms with Gasteiger partial charge in [-0.3, -0.25) is 14.9 Å². The number of hydrogen-bond donors (Lipinski definition) is 0. The van der Waals surface area contributed by atoms with E-state index in [0.29, 0.717) is 39.6 Å². The molecule has 0 N–H and O–H groups in total. The maximum atomic E-state index is 13.1. The Labute approximate surface area is 195 Å². The van der Waals surface area contributed by atoms with Gasteiger partial charge in [-0.2, -0.15) is 9.78 Å². The van der Waals surface area contributed by atoms with Crippen molar-refractivity contribution in [3.63, 3.8) is 0 Å². The number of nitro benzene ring substituents is 1. The fourth-order valence-electron chi connectivity index (χ4n) is 2.91. The van der Waals surface area contributed by atoms with Crippen LogP contribution in [0.15, 0.2) is 49.2 Å². The summed E-state index contributed by atoms with van der Waals surface area (Å²) < 4.78 is 8.31. The van der Waals surface area contributed by atoms with Crippen molar-refractivity contribution in [2.45, 2.75) is 39.7 Å². The van der Waals surface area contributed by atoms with Gasteiger partial charge in [0, 0.05) is 27.0 Å². The van der Waals surface area contributed by atoms with Crippen molar-refractivity contribution in [2.24, 2.45) is 5.10 Å². The topological polar surface area (TPSA) is 99.6 Å². The van der Waals surface area contributed by atoms with Crippen LogP contribution in [0.2, 0.25) is 0 Å². The van der Waals surface area contributed by atoms with Gasteiger partial charge in [-0.05, 0) is 37.6 Å². The average Bonchev–Trinajstić information content (AvgIpc) is 2.74. The molecule has 0 saturated heterocycles. The quantitative estimate of drug-likeness (QED) is 0.221. The van der Waals surface area contributed by atoms with Crippen LogP contribution in [0.4, 0.5) is 5.69 Å². The van der Waals surface area contributed by atoms with Gasteiger partial charge in [-0.1, -0.05) is 45.7 Å². The van der Waals surface area contributed by atoms with E-state index in [9.17, 15) is 14.9 Å². The van der Waals surface area contributed by atoms with Gasteiger partial charge in [0.2, 0.25) is 5.75 Å². The van der Waals surface area contributed by atoms with Crippen LogP contribution in [0.1, 0.15) is 38.6 Å². The molecule has 0 spiro atoms. The third-order valence-corrected chi connectivity index (χ3v) is 5.61. The lowest BCUT2D eigenvalue weighted by Gasteiger charge is -2.15. The standard InChI is InChI=1S/C21H20Br2N4O4/c1-4-12(3)31-20-13(8-15(23)10-18(20)27(29)30)11-24-26-19(5-2)25-17-7-6-14(22)9-16(17)21(26)28/h6-12H,4-5H2,1-3H3/t12-/m1/s1. The zero-order valence-corrected chi connectivity index (χ0v) is 20.3. The van der Waals surface area contributed by atoms with Crippen LogP contribution in [-0.2, 0) is 6.42 Å². The Morgan fingerprint density at radius 1 is 1.26 bits per heavy atom. The molecule has 2 aromatic carbocycles. The van der Waals surface area contributed by atoms with Crippen molar-refractivity contribution in [1.82, 2.24) is 9.66 Å². The Bertz CT molecular complexity index is 1240. The number of fused-ring (bicyclic) bond motifs is 1. The summed E-state index contributed by atoms with van der Waals surface area (Å²) in [7, 11) is 0. The van der Waals surface area contributed by atoms with E-state index in [1.807, 2.05) is 26.8 Å². The molecule has 0 saturated carbocycles. The van der Waals surface area contributed by atoms with E-state index in [0.717, 1.165) is 4.47 Å². The van der Waals surface area contributed by atoms with Crippen molar-refractivity contribution in [2.75, 3.05) is 0 Å². The number of nitrogens with zero attached hydrogens (tertiary/aromatic N) is 4. The number of nitro groups is 1. The maximum Gasteiger partial charge on any atom is 0.312 e. The number of aromatic nitrogens is 2. The molecule has 10 heteroatoms. The third-order valence-electron chi connectivity index (χ3n) is 4.66. The molecule has 0 fully saturated rings. The lowest BCUT2D eigenvalue weighted by Crippen LogP contribution is -2.22. The summed E-state index contributed by atoms with van der Waals surface area (Å²) >= 11 is 6.67. The van der Waals surface area contributed by atoms with Gasteiger partial charge in [0.15, 0.2) is 0 Å². The summed E-state index contributed by atoms with van der Waals surface area (Å²) in [5.41, 5.74) is 0.452. The molecule has 1 heterocycles. The van der Waals surface area contributed by atoms with Gasteiger partial charge < -0.3 is 4.74 Å². The SMILES string of the molecule is CCc1nc2ccc(Br)cc2c(=O)n1N=Cc1cc(Br)cc([N+](=O)[O-])c1O[C@H](C)CC. The number of ether oxygens (including phenoxy) is 1. The first-order chi connectivity index (χ1) is 14.7. The summed E-state index contributed by atoms with van der Waals surface area (Å²) in [5.74, 6) is 0.582. The van der Waals surface area contributed by atoms with Crippen molar-refractivity contribution < 1.29 is 9.66 Å². The van der Waals surface area contributed by atoms with Crippen LogP contribution in [-0.4, -0.2) is 26.9 Å². The molecule has 0 radical (unpaired) electrons. The molecule has 162 valence electrons. The van der Waals surface area contributed by atoms with E-state index >= 15 is 0 Å². The van der Waals surface area contributed by atoms with Gasteiger partial charge in [-0.15, -0.1) is 0 Å². The summed E-state index contributed by atoms with van der Waals surface area (Å²) in [6.07, 6.45) is 2.31. The van der Waals surface area contributed by atoms with E-state index in [4.69, 9.17) is 4.74 Å². The third kappa shape index (κ3) is 5.01. The second-order valence-corrected chi connectivity index (χ2v) is 8.67. The Morgan fingerprint density at radius 2 is 2.00 bits per heavy atom. The predicted molar refractivity (Wildman–Crippen MR) is 127 cm³/mol. The van der Waals surface area contributed by atoms with Crippen molar-refractivity contribution in [3.8, 4) is 5.75 Å². The first kappa shape index (κ1) is 23.1. The number of halogens is 2. The minimum absolute atomic E-state index is 0.105. The first-order valence-corrected chi connectivity index (χ1v) is 11.2. The molecule has 0 aliphatic rings. The van der Waals surface area contributed by atoms with Gasteiger partial charge in [0.05, 0.1) is 28.1 Å². The highest BCUT2D eigenvalue weighted by Crippen LogP contribution is 2.35. The van der Waals surface area contributed by atoms with Gasteiger partial charge >= 0.3 is 5.69 Å².